The standard InChI is InChI=1S/C19H33N3O3/c1-2-25-19(24)22-16-8-9-17(22)14-15(13-16)7-6-10-20-18(23)21-11-4-3-5-12-21/h15-17H,2-14H2,1H3,(H,20,23). The van der Waals surface area contributed by atoms with Gasteiger partial charge in [-0.05, 0) is 70.6 Å². The molecule has 1 N–H and O–H groups in total. The van der Waals surface area contributed by atoms with Gasteiger partial charge in [0.15, 0.2) is 0 Å². The van der Waals surface area contributed by atoms with Crippen molar-refractivity contribution in [3.05, 3.63) is 0 Å². The zero-order chi connectivity index (χ0) is 17.6. The van der Waals surface area contributed by atoms with Crippen molar-refractivity contribution in [3.8, 4) is 0 Å². The Balaban J connectivity index is 1.35. The number of likely N-dealkylation sites (tertiary alicyclic amines) is 1. The molecule has 142 valence electrons. The molecule has 2 bridgehead atoms. The van der Waals surface area contributed by atoms with Crippen molar-refractivity contribution in [1.29, 1.82) is 0 Å². The molecule has 0 spiro atoms. The van der Waals surface area contributed by atoms with E-state index in [-0.39, 0.29) is 12.1 Å². The summed E-state index contributed by atoms with van der Waals surface area (Å²) in [6, 6.07) is 0.841. The van der Waals surface area contributed by atoms with Crippen LogP contribution in [0, 0.1) is 5.92 Å². The summed E-state index contributed by atoms with van der Waals surface area (Å²) in [5, 5.41) is 3.08. The number of nitrogens with zero attached hydrogens (tertiary/aromatic N) is 2. The lowest BCUT2D eigenvalue weighted by molar-refractivity contribution is 0.0589. The van der Waals surface area contributed by atoms with Crippen LogP contribution in [0.25, 0.3) is 0 Å². The van der Waals surface area contributed by atoms with Crippen LogP contribution in [0.4, 0.5) is 9.59 Å². The van der Waals surface area contributed by atoms with Gasteiger partial charge in [-0.2, -0.15) is 0 Å². The van der Waals surface area contributed by atoms with Crippen molar-refractivity contribution in [3.63, 3.8) is 0 Å². The maximum Gasteiger partial charge on any atom is 0.410 e. The Hall–Kier alpha value is -1.46. The lowest BCUT2D eigenvalue weighted by atomic mass is 9.87. The first-order valence-corrected chi connectivity index (χ1v) is 10.2. The number of nitrogens with one attached hydrogen (secondary N) is 1. The van der Waals surface area contributed by atoms with Gasteiger partial charge in [-0.25, -0.2) is 9.59 Å². The summed E-state index contributed by atoms with van der Waals surface area (Å²) in [7, 11) is 0. The van der Waals surface area contributed by atoms with E-state index in [1.807, 2.05) is 16.7 Å². The number of urea groups is 1. The number of rotatable bonds is 5. The Bertz CT molecular complexity index is 451. The maximum absolute atomic E-state index is 12.1. The minimum Gasteiger partial charge on any atom is -0.450 e. The molecular weight excluding hydrogens is 318 g/mol. The van der Waals surface area contributed by atoms with E-state index in [1.165, 1.54) is 6.42 Å². The van der Waals surface area contributed by atoms with Crippen LogP contribution in [0.3, 0.4) is 0 Å². The molecule has 2 atom stereocenters. The van der Waals surface area contributed by atoms with Gasteiger partial charge in [-0.3, -0.25) is 0 Å². The van der Waals surface area contributed by atoms with E-state index in [2.05, 4.69) is 5.32 Å². The molecule has 6 nitrogen and oxygen atoms in total. The van der Waals surface area contributed by atoms with Gasteiger partial charge in [0, 0.05) is 31.7 Å². The van der Waals surface area contributed by atoms with E-state index in [0.717, 1.165) is 71.0 Å². The van der Waals surface area contributed by atoms with E-state index < -0.39 is 0 Å². The Kier molecular flexibility index (Phi) is 6.43. The number of ether oxygens (including phenoxy) is 1. The van der Waals surface area contributed by atoms with Gasteiger partial charge in [0.05, 0.1) is 6.61 Å². The quantitative estimate of drug-likeness (QED) is 0.773. The number of amides is 3. The lowest BCUT2D eigenvalue weighted by Crippen LogP contribution is -2.47. The largest absolute Gasteiger partial charge is 0.450 e. The van der Waals surface area contributed by atoms with Crippen molar-refractivity contribution in [2.75, 3.05) is 26.2 Å². The van der Waals surface area contributed by atoms with Gasteiger partial charge < -0.3 is 19.9 Å². The molecule has 0 saturated carbocycles. The predicted molar refractivity (Wildman–Crippen MR) is 96.5 cm³/mol. The molecule has 25 heavy (non-hydrogen) atoms. The molecule has 3 aliphatic heterocycles. The first kappa shape index (κ1) is 18.3. The van der Waals surface area contributed by atoms with Crippen molar-refractivity contribution in [1.82, 2.24) is 15.1 Å². The number of hydrogen-bond donors (Lipinski definition) is 1. The van der Waals surface area contributed by atoms with Crippen LogP contribution in [-0.2, 0) is 4.74 Å². The second-order valence-electron chi connectivity index (χ2n) is 7.75. The second kappa shape index (κ2) is 8.77. The summed E-state index contributed by atoms with van der Waals surface area (Å²) in [6.45, 7) is 4.89. The van der Waals surface area contributed by atoms with Crippen LogP contribution in [0.15, 0.2) is 0 Å². The second-order valence-corrected chi connectivity index (χ2v) is 7.75. The van der Waals surface area contributed by atoms with Crippen molar-refractivity contribution >= 4 is 12.1 Å². The molecule has 6 heteroatoms. The summed E-state index contributed by atoms with van der Waals surface area (Å²) in [5.41, 5.74) is 0. The van der Waals surface area contributed by atoms with Crippen LogP contribution >= 0.6 is 0 Å². The van der Waals surface area contributed by atoms with Crippen LogP contribution in [0.5, 0.6) is 0 Å². The van der Waals surface area contributed by atoms with Gasteiger partial charge in [-0.1, -0.05) is 0 Å². The van der Waals surface area contributed by atoms with E-state index in [4.69, 9.17) is 4.74 Å². The molecule has 0 radical (unpaired) electrons. The average Bonchev–Trinajstić information content (AvgIpc) is 2.90. The smallest absolute Gasteiger partial charge is 0.410 e. The average molecular weight is 351 g/mol. The Labute approximate surface area is 151 Å². The fourth-order valence-electron chi connectivity index (χ4n) is 4.82. The number of carbonyl (C=O) groups is 2. The zero-order valence-corrected chi connectivity index (χ0v) is 15.5. The molecule has 3 heterocycles. The molecule has 3 saturated heterocycles. The van der Waals surface area contributed by atoms with Gasteiger partial charge in [0.1, 0.15) is 0 Å². The fraction of sp³-hybridized carbons (Fsp3) is 0.895. The molecule has 2 unspecified atom stereocenters. The summed E-state index contributed by atoms with van der Waals surface area (Å²) < 4.78 is 5.21. The highest BCUT2D eigenvalue weighted by atomic mass is 16.6. The first-order chi connectivity index (χ1) is 12.2. The summed E-state index contributed by atoms with van der Waals surface area (Å²) in [4.78, 5) is 28.1. The van der Waals surface area contributed by atoms with Crippen LogP contribution in [0.2, 0.25) is 0 Å². The number of hydrogen-bond acceptors (Lipinski definition) is 3. The van der Waals surface area contributed by atoms with Crippen LogP contribution in [-0.4, -0.2) is 60.2 Å². The first-order valence-electron chi connectivity index (χ1n) is 10.2. The minimum atomic E-state index is -0.123. The van der Waals surface area contributed by atoms with Crippen LogP contribution < -0.4 is 5.32 Å². The summed E-state index contributed by atoms with van der Waals surface area (Å²) in [6.07, 6.45) is 9.98. The van der Waals surface area contributed by atoms with Crippen molar-refractivity contribution in [2.45, 2.75) is 76.8 Å². The minimum absolute atomic E-state index is 0.108. The normalized spacial score (nSPS) is 28.8. The highest BCUT2D eigenvalue weighted by molar-refractivity contribution is 5.74. The number of carbonyl (C=O) groups excluding carboxylic acids is 2. The highest BCUT2D eigenvalue weighted by Crippen LogP contribution is 2.40. The number of fused-ring (bicyclic) bond motifs is 2. The van der Waals surface area contributed by atoms with Crippen LogP contribution in [0.1, 0.15) is 64.7 Å². The predicted octanol–water partition coefficient (Wildman–Crippen LogP) is 3.36. The molecule has 3 rings (SSSR count). The lowest BCUT2D eigenvalue weighted by Gasteiger charge is -2.38. The third-order valence-electron chi connectivity index (χ3n) is 6.02. The van der Waals surface area contributed by atoms with E-state index in [0.29, 0.717) is 24.6 Å². The van der Waals surface area contributed by atoms with E-state index in [9.17, 15) is 9.59 Å². The molecule has 3 aliphatic rings. The molecular formula is C19H33N3O3. The monoisotopic (exact) mass is 351 g/mol. The molecule has 3 amide bonds. The van der Waals surface area contributed by atoms with Gasteiger partial charge in [0.2, 0.25) is 0 Å². The molecule has 0 aromatic carbocycles. The SMILES string of the molecule is CCOC(=O)N1C2CCC1CC(CCCNC(=O)N1CCCCC1)C2. The Morgan fingerprint density at radius 2 is 1.76 bits per heavy atom. The fourth-order valence-corrected chi connectivity index (χ4v) is 4.82. The van der Waals surface area contributed by atoms with E-state index >= 15 is 0 Å². The maximum atomic E-state index is 12.1. The number of piperidine rings is 2. The molecule has 0 aromatic heterocycles. The van der Waals surface area contributed by atoms with Gasteiger partial charge >= 0.3 is 12.1 Å². The third kappa shape index (κ3) is 4.59. The van der Waals surface area contributed by atoms with Gasteiger partial charge in [0.25, 0.3) is 0 Å². The topological polar surface area (TPSA) is 61.9 Å². The molecule has 0 aromatic rings. The molecule has 3 fully saturated rings. The van der Waals surface area contributed by atoms with Gasteiger partial charge in [-0.15, -0.1) is 0 Å². The van der Waals surface area contributed by atoms with Crippen molar-refractivity contribution in [2.24, 2.45) is 5.92 Å². The Morgan fingerprint density at radius 3 is 2.40 bits per heavy atom. The van der Waals surface area contributed by atoms with E-state index in [1.54, 1.807) is 0 Å². The van der Waals surface area contributed by atoms with Crippen molar-refractivity contribution < 1.29 is 14.3 Å². The molecule has 0 aliphatic carbocycles. The zero-order valence-electron chi connectivity index (χ0n) is 15.5. The Morgan fingerprint density at radius 1 is 1.08 bits per heavy atom. The summed E-state index contributed by atoms with van der Waals surface area (Å²) >= 11 is 0. The summed E-state index contributed by atoms with van der Waals surface area (Å²) in [5.74, 6) is 0.676. The highest BCUT2D eigenvalue weighted by Gasteiger charge is 2.43. The third-order valence-corrected chi connectivity index (χ3v) is 6.02.